The Morgan fingerprint density at radius 1 is 1.03 bits per heavy atom. The van der Waals surface area contributed by atoms with Gasteiger partial charge < -0.3 is 9.42 Å². The van der Waals surface area contributed by atoms with Crippen molar-refractivity contribution >= 4 is 28.3 Å². The molecular weight excluding hydrogens is 430 g/mol. The molecule has 0 spiro atoms. The fourth-order valence-electron chi connectivity index (χ4n) is 3.90. The first-order chi connectivity index (χ1) is 14.0. The van der Waals surface area contributed by atoms with Gasteiger partial charge in [0.2, 0.25) is 21.8 Å². The van der Waals surface area contributed by atoms with Crippen molar-refractivity contribution in [3.05, 3.63) is 11.7 Å². The third-order valence-corrected chi connectivity index (χ3v) is 7.65. The molecule has 1 aromatic heterocycles. The Labute approximate surface area is 185 Å². The van der Waals surface area contributed by atoms with Crippen LogP contribution in [0, 0.1) is 0 Å². The predicted octanol–water partition coefficient (Wildman–Crippen LogP) is 1.68. The van der Waals surface area contributed by atoms with Crippen LogP contribution in [0.3, 0.4) is 0 Å². The second-order valence-corrected chi connectivity index (χ2v) is 9.98. The van der Waals surface area contributed by atoms with Crippen molar-refractivity contribution in [2.45, 2.75) is 58.4 Å². The largest absolute Gasteiger partial charge is 0.343 e. The molecule has 2 fully saturated rings. The smallest absolute Gasteiger partial charge is 0.227 e. The maximum atomic E-state index is 12.4. The lowest BCUT2D eigenvalue weighted by atomic mass is 10.2. The highest BCUT2D eigenvalue weighted by Gasteiger charge is 2.26. The van der Waals surface area contributed by atoms with Gasteiger partial charge in [-0.05, 0) is 19.3 Å². The summed E-state index contributed by atoms with van der Waals surface area (Å²) in [6.45, 7) is 6.42. The van der Waals surface area contributed by atoms with E-state index in [1.54, 1.807) is 4.31 Å². The van der Waals surface area contributed by atoms with Gasteiger partial charge in [-0.25, -0.2) is 8.42 Å². The second kappa shape index (κ2) is 12.0. The molecule has 3 rings (SSSR count). The topological polar surface area (TPSA) is 99.8 Å². The Balaban J connectivity index is 0.00000320. The number of sulfonamides is 1. The minimum atomic E-state index is -3.13. The first-order valence-electron chi connectivity index (χ1n) is 10.8. The number of halogens is 1. The van der Waals surface area contributed by atoms with Crippen LogP contribution in [0.5, 0.6) is 0 Å². The van der Waals surface area contributed by atoms with E-state index in [0.29, 0.717) is 63.7 Å². The summed E-state index contributed by atoms with van der Waals surface area (Å²) in [5.41, 5.74) is 0. The molecule has 0 atom stereocenters. The van der Waals surface area contributed by atoms with Crippen molar-refractivity contribution in [3.63, 3.8) is 0 Å². The van der Waals surface area contributed by atoms with Crippen LogP contribution < -0.4 is 0 Å². The van der Waals surface area contributed by atoms with Gasteiger partial charge in [-0.15, -0.1) is 12.4 Å². The summed E-state index contributed by atoms with van der Waals surface area (Å²) in [5.74, 6) is 1.45. The fraction of sp³-hybridized carbons (Fsp3) is 0.842. The molecular formula is C19H34ClN5O4S. The van der Waals surface area contributed by atoms with Crippen LogP contribution in [-0.4, -0.2) is 83.6 Å². The quantitative estimate of drug-likeness (QED) is 0.578. The summed E-state index contributed by atoms with van der Waals surface area (Å²) >= 11 is 0. The van der Waals surface area contributed by atoms with Crippen LogP contribution in [0.15, 0.2) is 4.52 Å². The lowest BCUT2D eigenvalue weighted by Crippen LogP contribution is -2.48. The number of amides is 1. The monoisotopic (exact) mass is 463 g/mol. The highest BCUT2D eigenvalue weighted by Crippen LogP contribution is 2.13. The predicted molar refractivity (Wildman–Crippen MR) is 116 cm³/mol. The van der Waals surface area contributed by atoms with E-state index in [4.69, 9.17) is 4.52 Å². The standard InChI is InChI=1S/C19H33N5O4S.ClH/c1-2-15-29(26,27)24-13-11-22(12-14-24)16-17-20-18(28-21-17)7-8-19(25)23-9-5-3-4-6-10-23;/h2-16H2,1H3;1H. The number of hydrogen-bond donors (Lipinski definition) is 0. The zero-order chi connectivity index (χ0) is 20.7. The number of aromatic nitrogens is 2. The maximum Gasteiger partial charge on any atom is 0.227 e. The average molecular weight is 464 g/mol. The molecule has 1 aromatic rings. The van der Waals surface area contributed by atoms with Crippen LogP contribution in [0.25, 0.3) is 0 Å². The van der Waals surface area contributed by atoms with E-state index in [0.717, 1.165) is 25.9 Å². The molecule has 0 bridgehead atoms. The Hall–Kier alpha value is -1.23. The Morgan fingerprint density at radius 3 is 2.33 bits per heavy atom. The van der Waals surface area contributed by atoms with E-state index in [9.17, 15) is 13.2 Å². The van der Waals surface area contributed by atoms with E-state index < -0.39 is 10.0 Å². The molecule has 0 saturated carbocycles. The van der Waals surface area contributed by atoms with Gasteiger partial charge in [-0.3, -0.25) is 9.69 Å². The molecule has 1 amide bonds. The Bertz CT molecular complexity index is 757. The van der Waals surface area contributed by atoms with Gasteiger partial charge in [0.15, 0.2) is 5.82 Å². The molecule has 0 aromatic carbocycles. The van der Waals surface area contributed by atoms with Crippen molar-refractivity contribution in [3.8, 4) is 0 Å². The lowest BCUT2D eigenvalue weighted by Gasteiger charge is -2.33. The molecule has 30 heavy (non-hydrogen) atoms. The summed E-state index contributed by atoms with van der Waals surface area (Å²) in [7, 11) is -3.13. The molecule has 9 nitrogen and oxygen atoms in total. The van der Waals surface area contributed by atoms with Crippen LogP contribution in [0.2, 0.25) is 0 Å². The van der Waals surface area contributed by atoms with Crippen molar-refractivity contribution in [2.75, 3.05) is 45.0 Å². The van der Waals surface area contributed by atoms with E-state index in [1.165, 1.54) is 12.8 Å². The normalized spacial score (nSPS) is 19.3. The minimum absolute atomic E-state index is 0. The number of carbonyl (C=O) groups excluding carboxylic acids is 1. The van der Waals surface area contributed by atoms with Gasteiger partial charge in [-0.2, -0.15) is 9.29 Å². The minimum Gasteiger partial charge on any atom is -0.343 e. The van der Waals surface area contributed by atoms with Crippen LogP contribution >= 0.6 is 12.4 Å². The van der Waals surface area contributed by atoms with Crippen molar-refractivity contribution < 1.29 is 17.7 Å². The fourth-order valence-corrected chi connectivity index (χ4v) is 5.39. The van der Waals surface area contributed by atoms with Crippen LogP contribution in [0.1, 0.15) is 57.2 Å². The van der Waals surface area contributed by atoms with E-state index in [-0.39, 0.29) is 24.1 Å². The Kier molecular flexibility index (Phi) is 9.99. The van der Waals surface area contributed by atoms with Gasteiger partial charge in [0.05, 0.1) is 12.3 Å². The summed E-state index contributed by atoms with van der Waals surface area (Å²) in [4.78, 5) is 20.9. The number of piperazine rings is 1. The summed E-state index contributed by atoms with van der Waals surface area (Å²) in [6.07, 6.45) is 6.08. The molecule has 11 heteroatoms. The number of carbonyl (C=O) groups is 1. The molecule has 172 valence electrons. The number of nitrogens with zero attached hydrogens (tertiary/aromatic N) is 5. The number of aryl methyl sites for hydroxylation is 1. The molecule has 0 N–H and O–H groups in total. The molecule has 3 heterocycles. The molecule has 2 saturated heterocycles. The number of rotatable bonds is 8. The SMILES string of the molecule is CCCS(=O)(=O)N1CCN(Cc2noc(CCC(=O)N3CCCCCC3)n2)CC1.Cl. The highest BCUT2D eigenvalue weighted by molar-refractivity contribution is 7.89. The van der Waals surface area contributed by atoms with Gasteiger partial charge in [0.1, 0.15) is 0 Å². The van der Waals surface area contributed by atoms with Gasteiger partial charge >= 0.3 is 0 Å². The summed E-state index contributed by atoms with van der Waals surface area (Å²) < 4.78 is 31.2. The molecule has 0 aliphatic carbocycles. The first-order valence-corrected chi connectivity index (χ1v) is 12.4. The first kappa shape index (κ1) is 25.0. The third kappa shape index (κ3) is 7.18. The van der Waals surface area contributed by atoms with Crippen LogP contribution in [-0.2, 0) is 27.8 Å². The third-order valence-electron chi connectivity index (χ3n) is 5.57. The van der Waals surface area contributed by atoms with E-state index >= 15 is 0 Å². The van der Waals surface area contributed by atoms with Crippen LogP contribution in [0.4, 0.5) is 0 Å². The van der Waals surface area contributed by atoms with Crippen molar-refractivity contribution in [2.24, 2.45) is 0 Å². The molecule has 0 unspecified atom stereocenters. The van der Waals surface area contributed by atoms with Gasteiger partial charge in [0, 0.05) is 52.1 Å². The molecule has 2 aliphatic rings. The van der Waals surface area contributed by atoms with E-state index in [2.05, 4.69) is 15.0 Å². The number of likely N-dealkylation sites (tertiary alicyclic amines) is 1. The zero-order valence-corrected chi connectivity index (χ0v) is 19.4. The second-order valence-electron chi connectivity index (χ2n) is 7.89. The number of hydrogen-bond acceptors (Lipinski definition) is 7. The highest BCUT2D eigenvalue weighted by atomic mass is 35.5. The van der Waals surface area contributed by atoms with Crippen molar-refractivity contribution in [1.82, 2.24) is 24.2 Å². The zero-order valence-electron chi connectivity index (χ0n) is 17.8. The van der Waals surface area contributed by atoms with Gasteiger partial charge in [0.25, 0.3) is 0 Å². The lowest BCUT2D eigenvalue weighted by molar-refractivity contribution is -0.131. The molecule has 0 radical (unpaired) electrons. The summed E-state index contributed by atoms with van der Waals surface area (Å²) in [6, 6.07) is 0. The van der Waals surface area contributed by atoms with E-state index in [1.807, 2.05) is 11.8 Å². The van der Waals surface area contributed by atoms with Gasteiger partial charge in [-0.1, -0.05) is 24.9 Å². The van der Waals surface area contributed by atoms with Crippen molar-refractivity contribution in [1.29, 1.82) is 0 Å². The maximum absolute atomic E-state index is 12.4. The Morgan fingerprint density at radius 2 is 1.70 bits per heavy atom. The molecule has 2 aliphatic heterocycles. The average Bonchev–Trinajstić information content (AvgIpc) is 2.97. The summed E-state index contributed by atoms with van der Waals surface area (Å²) in [5, 5.41) is 4.03.